The second-order valence-electron chi connectivity index (χ2n) is 12.6. The number of Topliss-reactive ketones (excluding diaryl/α,β-unsaturated/α-hetero) is 1. The van der Waals surface area contributed by atoms with Crippen molar-refractivity contribution in [3.8, 4) is 11.5 Å². The van der Waals surface area contributed by atoms with Crippen molar-refractivity contribution >= 4 is 17.7 Å². The molecule has 2 aliphatic heterocycles. The highest BCUT2D eigenvalue weighted by Gasteiger charge is 2.75. The molecule has 1 aromatic rings. The molecule has 9 nitrogen and oxygen atoms in total. The van der Waals surface area contributed by atoms with Gasteiger partial charge in [-0.15, -0.1) is 0 Å². The lowest BCUT2D eigenvalue weighted by molar-refractivity contribution is -0.198. The van der Waals surface area contributed by atoms with Gasteiger partial charge in [0, 0.05) is 18.2 Å². The molecule has 9 heteroatoms. The van der Waals surface area contributed by atoms with Crippen LogP contribution in [0, 0.1) is 17.3 Å². The number of ether oxygens (including phenoxy) is 1. The molecule has 36 heavy (non-hydrogen) atoms. The van der Waals surface area contributed by atoms with E-state index in [1.54, 1.807) is 26.8 Å². The van der Waals surface area contributed by atoms with Crippen molar-refractivity contribution in [3.05, 3.63) is 23.3 Å². The number of nitrogens with one attached hydrogen (secondary N) is 1. The average Bonchev–Trinajstić information content (AvgIpc) is 3.53. The molecule has 5 aliphatic rings. The molecule has 2 saturated carbocycles. The van der Waals surface area contributed by atoms with Crippen molar-refractivity contribution in [2.24, 2.45) is 17.3 Å². The predicted molar refractivity (Wildman–Crippen MR) is 128 cm³/mol. The fourth-order valence-electron chi connectivity index (χ4n) is 7.42. The van der Waals surface area contributed by atoms with Crippen molar-refractivity contribution in [3.63, 3.8) is 0 Å². The molecule has 1 spiro atoms. The number of likely N-dealkylation sites (tertiary alicyclic amines) is 1. The smallest absolute Gasteiger partial charge is 0.326 e. The number of hydrogen-bond acceptors (Lipinski definition) is 7. The quantitative estimate of drug-likeness (QED) is 0.447. The molecule has 6 atom stereocenters. The Kier molecular flexibility index (Phi) is 4.91. The van der Waals surface area contributed by atoms with Crippen LogP contribution in [0.4, 0.5) is 0 Å². The van der Waals surface area contributed by atoms with Crippen LogP contribution in [0.2, 0.25) is 0 Å². The number of amides is 1. The van der Waals surface area contributed by atoms with Crippen LogP contribution in [0.3, 0.4) is 0 Å². The Hall–Kier alpha value is -2.65. The van der Waals surface area contributed by atoms with Gasteiger partial charge in [-0.05, 0) is 61.6 Å². The summed E-state index contributed by atoms with van der Waals surface area (Å²) in [5.74, 6) is -2.84. The minimum atomic E-state index is -1.44. The van der Waals surface area contributed by atoms with Crippen molar-refractivity contribution in [1.82, 2.24) is 10.2 Å². The number of piperidine rings is 1. The molecule has 0 radical (unpaired) electrons. The normalized spacial score (nSPS) is 35.6. The zero-order chi connectivity index (χ0) is 25.8. The SMILES string of the molecule is CC(C)(C)C(NC(=O)C1C[C@@]2(O)[C@H]3Cc4ccc(O)c5c4[C@@]2(CCN3CC2CC2)[C@@H](O5)C1=O)C(=O)O. The fraction of sp³-hybridized carbons (Fsp3) is 0.667. The van der Waals surface area contributed by atoms with Gasteiger partial charge in [0.25, 0.3) is 0 Å². The minimum absolute atomic E-state index is 0.0776. The van der Waals surface area contributed by atoms with Gasteiger partial charge in [-0.1, -0.05) is 26.8 Å². The Morgan fingerprint density at radius 1 is 1.28 bits per heavy atom. The number of hydrogen-bond donors (Lipinski definition) is 4. The summed E-state index contributed by atoms with van der Waals surface area (Å²) >= 11 is 0. The Labute approximate surface area is 209 Å². The zero-order valence-corrected chi connectivity index (χ0v) is 20.9. The van der Waals surface area contributed by atoms with Crippen molar-refractivity contribution < 1.29 is 34.4 Å². The maximum Gasteiger partial charge on any atom is 0.326 e. The summed E-state index contributed by atoms with van der Waals surface area (Å²) in [5.41, 5.74) is -1.57. The second kappa shape index (κ2) is 7.44. The molecule has 2 bridgehead atoms. The molecule has 2 unspecified atom stereocenters. The van der Waals surface area contributed by atoms with Crippen molar-refractivity contribution in [2.45, 2.75) is 82.1 Å². The summed E-state index contributed by atoms with van der Waals surface area (Å²) in [6.07, 6.45) is 2.14. The number of phenols is 1. The van der Waals surface area contributed by atoms with E-state index in [4.69, 9.17) is 4.74 Å². The van der Waals surface area contributed by atoms with Gasteiger partial charge in [0.2, 0.25) is 5.91 Å². The Morgan fingerprint density at radius 3 is 2.64 bits per heavy atom. The van der Waals surface area contributed by atoms with Crippen LogP contribution < -0.4 is 10.1 Å². The molecule has 1 amide bonds. The average molecular weight is 499 g/mol. The van der Waals surface area contributed by atoms with E-state index in [9.17, 15) is 29.7 Å². The minimum Gasteiger partial charge on any atom is -0.504 e. The van der Waals surface area contributed by atoms with Gasteiger partial charge in [0.15, 0.2) is 23.4 Å². The van der Waals surface area contributed by atoms with E-state index in [0.717, 1.165) is 12.1 Å². The maximum atomic E-state index is 13.9. The Balaban J connectivity index is 1.43. The summed E-state index contributed by atoms with van der Waals surface area (Å²) in [7, 11) is 0. The van der Waals surface area contributed by atoms with Gasteiger partial charge in [-0.2, -0.15) is 0 Å². The number of ketones is 1. The standard InChI is InChI=1S/C27H34N2O7/c1-25(2,3)21(24(33)34)28-23(32)15-11-27(35)17-10-14-6-7-16(30)20-18(14)26(27,22(36-20)19(15)31)8-9-29(17)12-13-4-5-13/h6-7,13,15,17,21-22,30,35H,4-5,8-12H2,1-3H3,(H,28,32)(H,33,34)/t15?,17-,21?,22+,26+,27-/m1/s1. The van der Waals surface area contributed by atoms with Gasteiger partial charge in [-0.25, -0.2) is 4.79 Å². The molecular formula is C27H34N2O7. The summed E-state index contributed by atoms with van der Waals surface area (Å²) < 4.78 is 6.14. The molecule has 3 fully saturated rings. The van der Waals surface area contributed by atoms with Crippen LogP contribution in [0.25, 0.3) is 0 Å². The topological polar surface area (TPSA) is 136 Å². The first-order chi connectivity index (χ1) is 16.9. The number of carbonyl (C=O) groups is 3. The molecule has 2 heterocycles. The number of carboxylic acids is 1. The highest BCUT2D eigenvalue weighted by Crippen LogP contribution is 2.65. The van der Waals surface area contributed by atoms with Crippen LogP contribution in [0.15, 0.2) is 12.1 Å². The number of aliphatic carboxylic acids is 1. The van der Waals surface area contributed by atoms with E-state index < -0.39 is 52.2 Å². The Morgan fingerprint density at radius 2 is 2.00 bits per heavy atom. The summed E-state index contributed by atoms with van der Waals surface area (Å²) in [6, 6.07) is 1.93. The van der Waals surface area contributed by atoms with E-state index in [2.05, 4.69) is 10.2 Å². The molecule has 0 aromatic heterocycles. The Bertz CT molecular complexity index is 1170. The van der Waals surface area contributed by atoms with Crippen LogP contribution in [-0.2, 0) is 26.2 Å². The fourth-order valence-corrected chi connectivity index (χ4v) is 7.42. The lowest BCUT2D eigenvalue weighted by atomic mass is 9.47. The van der Waals surface area contributed by atoms with Crippen molar-refractivity contribution in [1.29, 1.82) is 0 Å². The number of carboxylic acid groups (broad SMARTS) is 1. The summed E-state index contributed by atoms with van der Waals surface area (Å²) in [5, 5.41) is 35.5. The number of aliphatic hydroxyl groups is 1. The zero-order valence-electron chi connectivity index (χ0n) is 20.9. The first-order valence-electron chi connectivity index (χ1n) is 12.9. The monoisotopic (exact) mass is 498 g/mol. The highest BCUT2D eigenvalue weighted by atomic mass is 16.5. The van der Waals surface area contributed by atoms with Crippen LogP contribution >= 0.6 is 0 Å². The molecule has 6 rings (SSSR count). The van der Waals surface area contributed by atoms with E-state index in [0.29, 0.717) is 30.9 Å². The summed E-state index contributed by atoms with van der Waals surface area (Å²) in [4.78, 5) is 41.6. The van der Waals surface area contributed by atoms with E-state index in [1.807, 2.05) is 6.07 Å². The van der Waals surface area contributed by atoms with E-state index in [1.165, 1.54) is 12.8 Å². The number of phenolic OH excluding ortho intramolecular Hbond substituents is 1. The first-order valence-corrected chi connectivity index (χ1v) is 12.9. The molecule has 4 N–H and O–H groups in total. The van der Waals surface area contributed by atoms with Crippen LogP contribution in [0.5, 0.6) is 11.5 Å². The van der Waals surface area contributed by atoms with Gasteiger partial charge in [0.05, 0.1) is 11.0 Å². The van der Waals surface area contributed by atoms with Gasteiger partial charge < -0.3 is 25.4 Å². The van der Waals surface area contributed by atoms with Gasteiger partial charge in [0.1, 0.15) is 12.0 Å². The third-order valence-corrected chi connectivity index (χ3v) is 9.35. The largest absolute Gasteiger partial charge is 0.504 e. The van der Waals surface area contributed by atoms with Gasteiger partial charge in [-0.3, -0.25) is 14.5 Å². The number of aromatic hydroxyl groups is 1. The number of carbonyl (C=O) groups excluding carboxylic acids is 2. The van der Waals surface area contributed by atoms with E-state index in [-0.39, 0.29) is 24.0 Å². The molecule has 194 valence electrons. The third-order valence-electron chi connectivity index (χ3n) is 9.35. The lowest BCUT2D eigenvalue weighted by Gasteiger charge is -2.63. The number of rotatable bonds is 5. The number of benzene rings is 1. The highest BCUT2D eigenvalue weighted by molar-refractivity contribution is 6.07. The molecule has 1 saturated heterocycles. The number of nitrogens with zero attached hydrogens (tertiary/aromatic N) is 1. The summed E-state index contributed by atoms with van der Waals surface area (Å²) in [6.45, 7) is 6.69. The van der Waals surface area contributed by atoms with Crippen molar-refractivity contribution in [2.75, 3.05) is 13.1 Å². The molecular weight excluding hydrogens is 464 g/mol. The first kappa shape index (κ1) is 23.7. The lowest BCUT2D eigenvalue weighted by Crippen LogP contribution is -2.78. The molecule has 1 aromatic carbocycles. The van der Waals surface area contributed by atoms with Crippen LogP contribution in [-0.4, -0.2) is 74.8 Å². The van der Waals surface area contributed by atoms with Gasteiger partial charge >= 0.3 is 5.97 Å². The third kappa shape index (κ3) is 3.05. The molecule has 3 aliphatic carbocycles. The maximum absolute atomic E-state index is 13.9. The van der Waals surface area contributed by atoms with E-state index >= 15 is 0 Å². The predicted octanol–water partition coefficient (Wildman–Crippen LogP) is 1.37. The second-order valence-corrected chi connectivity index (χ2v) is 12.6. The van der Waals surface area contributed by atoms with Crippen LogP contribution in [0.1, 0.15) is 57.6 Å².